The molecule has 3 atom stereocenters. The van der Waals surface area contributed by atoms with Gasteiger partial charge in [0, 0.05) is 12.6 Å². The standard InChI is InChI=1S/C13H24N2O/c1-9(2)8-14-13(16)12-7-10-5-3-4-6-11(10)15-12/h9-12,15H,3-8H2,1-2H3,(H,14,16). The first-order valence-electron chi connectivity index (χ1n) is 6.70. The minimum Gasteiger partial charge on any atom is -0.354 e. The number of amides is 1. The summed E-state index contributed by atoms with van der Waals surface area (Å²) < 4.78 is 0. The number of hydrogen-bond donors (Lipinski definition) is 2. The second kappa shape index (κ2) is 5.17. The van der Waals surface area contributed by atoms with Gasteiger partial charge in [-0.1, -0.05) is 26.7 Å². The number of nitrogens with one attached hydrogen (secondary N) is 2. The Bertz CT molecular complexity index is 238. The van der Waals surface area contributed by atoms with Crippen LogP contribution in [0.1, 0.15) is 46.0 Å². The fourth-order valence-corrected chi connectivity index (χ4v) is 2.95. The van der Waals surface area contributed by atoms with E-state index in [4.69, 9.17) is 0 Å². The first-order chi connectivity index (χ1) is 7.66. The average Bonchev–Trinajstić information content (AvgIpc) is 2.69. The van der Waals surface area contributed by atoms with E-state index in [1.54, 1.807) is 0 Å². The summed E-state index contributed by atoms with van der Waals surface area (Å²) in [6.45, 7) is 5.05. The summed E-state index contributed by atoms with van der Waals surface area (Å²) in [4.78, 5) is 11.9. The number of rotatable bonds is 3. The molecule has 3 unspecified atom stereocenters. The number of carbonyl (C=O) groups excluding carboxylic acids is 1. The van der Waals surface area contributed by atoms with Gasteiger partial charge in [-0.25, -0.2) is 0 Å². The lowest BCUT2D eigenvalue weighted by Crippen LogP contribution is -2.44. The van der Waals surface area contributed by atoms with Gasteiger partial charge in [0.15, 0.2) is 0 Å². The zero-order chi connectivity index (χ0) is 11.5. The minimum atomic E-state index is 0.0758. The highest BCUT2D eigenvalue weighted by Gasteiger charge is 2.37. The van der Waals surface area contributed by atoms with Crippen molar-refractivity contribution in [2.75, 3.05) is 6.54 Å². The number of fused-ring (bicyclic) bond motifs is 1. The van der Waals surface area contributed by atoms with Crippen LogP contribution in [-0.2, 0) is 4.79 Å². The van der Waals surface area contributed by atoms with E-state index in [2.05, 4.69) is 24.5 Å². The zero-order valence-corrected chi connectivity index (χ0v) is 10.5. The van der Waals surface area contributed by atoms with Crippen LogP contribution < -0.4 is 10.6 Å². The second-order valence-corrected chi connectivity index (χ2v) is 5.74. The fourth-order valence-electron chi connectivity index (χ4n) is 2.95. The molecule has 0 radical (unpaired) electrons. The first-order valence-corrected chi connectivity index (χ1v) is 6.70. The highest BCUT2D eigenvalue weighted by Crippen LogP contribution is 2.33. The summed E-state index contributed by atoms with van der Waals surface area (Å²) in [7, 11) is 0. The van der Waals surface area contributed by atoms with E-state index in [1.165, 1.54) is 25.7 Å². The third kappa shape index (κ3) is 2.76. The minimum absolute atomic E-state index is 0.0758. The van der Waals surface area contributed by atoms with Crippen molar-refractivity contribution in [3.8, 4) is 0 Å². The van der Waals surface area contributed by atoms with Crippen molar-refractivity contribution < 1.29 is 4.79 Å². The molecule has 3 heteroatoms. The van der Waals surface area contributed by atoms with E-state index in [1.807, 2.05) is 0 Å². The summed E-state index contributed by atoms with van der Waals surface area (Å²) >= 11 is 0. The summed E-state index contributed by atoms with van der Waals surface area (Å²) in [5.74, 6) is 1.50. The Morgan fingerprint density at radius 3 is 2.81 bits per heavy atom. The predicted molar refractivity (Wildman–Crippen MR) is 65.1 cm³/mol. The molecule has 1 saturated heterocycles. The molecule has 0 bridgehead atoms. The van der Waals surface area contributed by atoms with Crippen molar-refractivity contribution in [2.45, 2.75) is 58.0 Å². The first kappa shape index (κ1) is 11.9. The molecule has 0 aromatic heterocycles. The lowest BCUT2D eigenvalue weighted by Gasteiger charge is -2.24. The molecule has 1 heterocycles. The maximum Gasteiger partial charge on any atom is 0.237 e. The highest BCUT2D eigenvalue weighted by molar-refractivity contribution is 5.82. The van der Waals surface area contributed by atoms with E-state index < -0.39 is 0 Å². The van der Waals surface area contributed by atoms with E-state index in [0.717, 1.165) is 18.9 Å². The van der Waals surface area contributed by atoms with Crippen molar-refractivity contribution in [1.29, 1.82) is 0 Å². The SMILES string of the molecule is CC(C)CNC(=O)C1CC2CCCCC2N1. The average molecular weight is 224 g/mol. The smallest absolute Gasteiger partial charge is 0.237 e. The highest BCUT2D eigenvalue weighted by atomic mass is 16.2. The fraction of sp³-hybridized carbons (Fsp3) is 0.923. The third-order valence-corrected chi connectivity index (χ3v) is 3.86. The number of hydrogen-bond acceptors (Lipinski definition) is 2. The lowest BCUT2D eigenvalue weighted by atomic mass is 9.85. The largest absolute Gasteiger partial charge is 0.354 e. The van der Waals surface area contributed by atoms with Crippen LogP contribution in [-0.4, -0.2) is 24.5 Å². The molecule has 92 valence electrons. The van der Waals surface area contributed by atoms with Gasteiger partial charge < -0.3 is 10.6 Å². The van der Waals surface area contributed by atoms with Crippen molar-refractivity contribution in [3.05, 3.63) is 0 Å². The van der Waals surface area contributed by atoms with Gasteiger partial charge in [0.2, 0.25) is 5.91 Å². The van der Waals surface area contributed by atoms with Gasteiger partial charge in [0.05, 0.1) is 6.04 Å². The summed E-state index contributed by atoms with van der Waals surface area (Å²) in [5.41, 5.74) is 0. The van der Waals surface area contributed by atoms with Crippen LogP contribution in [0.15, 0.2) is 0 Å². The molecule has 0 aromatic carbocycles. The summed E-state index contributed by atoms with van der Waals surface area (Å²) in [6, 6.07) is 0.690. The van der Waals surface area contributed by atoms with Crippen LogP contribution in [0.3, 0.4) is 0 Å². The topological polar surface area (TPSA) is 41.1 Å². The molecule has 1 saturated carbocycles. The zero-order valence-electron chi connectivity index (χ0n) is 10.5. The second-order valence-electron chi connectivity index (χ2n) is 5.74. The van der Waals surface area contributed by atoms with Gasteiger partial charge in [-0.15, -0.1) is 0 Å². The molecule has 2 rings (SSSR count). The van der Waals surface area contributed by atoms with Gasteiger partial charge in [0.1, 0.15) is 0 Å². The van der Waals surface area contributed by atoms with Crippen LogP contribution in [0, 0.1) is 11.8 Å². The quantitative estimate of drug-likeness (QED) is 0.766. The third-order valence-electron chi connectivity index (χ3n) is 3.86. The van der Waals surface area contributed by atoms with Gasteiger partial charge >= 0.3 is 0 Å². The molecule has 2 N–H and O–H groups in total. The molecule has 16 heavy (non-hydrogen) atoms. The van der Waals surface area contributed by atoms with Gasteiger partial charge in [-0.05, 0) is 31.1 Å². The molecule has 0 aromatic rings. The van der Waals surface area contributed by atoms with Crippen molar-refractivity contribution in [1.82, 2.24) is 10.6 Å². The summed E-state index contributed by atoms with van der Waals surface area (Å²) in [5, 5.41) is 6.54. The molecule has 1 amide bonds. The molecule has 1 aliphatic heterocycles. The monoisotopic (exact) mass is 224 g/mol. The molecule has 0 spiro atoms. The van der Waals surface area contributed by atoms with E-state index in [-0.39, 0.29) is 11.9 Å². The lowest BCUT2D eigenvalue weighted by molar-refractivity contribution is -0.123. The molecule has 2 fully saturated rings. The Morgan fingerprint density at radius 2 is 2.12 bits per heavy atom. The molecular weight excluding hydrogens is 200 g/mol. The summed E-state index contributed by atoms with van der Waals surface area (Å²) in [6.07, 6.45) is 6.30. The van der Waals surface area contributed by atoms with Crippen LogP contribution in [0.5, 0.6) is 0 Å². The maximum atomic E-state index is 11.9. The van der Waals surface area contributed by atoms with Crippen molar-refractivity contribution >= 4 is 5.91 Å². The Labute approximate surface area is 98.4 Å². The van der Waals surface area contributed by atoms with Gasteiger partial charge in [-0.2, -0.15) is 0 Å². The van der Waals surface area contributed by atoms with Crippen molar-refractivity contribution in [2.24, 2.45) is 11.8 Å². The van der Waals surface area contributed by atoms with E-state index in [0.29, 0.717) is 12.0 Å². The molecule has 3 nitrogen and oxygen atoms in total. The Balaban J connectivity index is 1.80. The van der Waals surface area contributed by atoms with Gasteiger partial charge in [0.25, 0.3) is 0 Å². The van der Waals surface area contributed by atoms with Crippen LogP contribution in [0.2, 0.25) is 0 Å². The van der Waals surface area contributed by atoms with Gasteiger partial charge in [-0.3, -0.25) is 4.79 Å². The Kier molecular flexibility index (Phi) is 3.85. The van der Waals surface area contributed by atoms with E-state index >= 15 is 0 Å². The predicted octanol–water partition coefficient (Wildman–Crippen LogP) is 1.68. The molecule has 2 aliphatic rings. The Morgan fingerprint density at radius 1 is 1.38 bits per heavy atom. The van der Waals surface area contributed by atoms with Crippen LogP contribution >= 0.6 is 0 Å². The number of carbonyl (C=O) groups is 1. The molecule has 1 aliphatic carbocycles. The van der Waals surface area contributed by atoms with Crippen molar-refractivity contribution in [3.63, 3.8) is 0 Å². The molecular formula is C13H24N2O. The van der Waals surface area contributed by atoms with Crippen LogP contribution in [0.25, 0.3) is 0 Å². The van der Waals surface area contributed by atoms with E-state index in [9.17, 15) is 4.79 Å². The maximum absolute atomic E-state index is 11.9. The Hall–Kier alpha value is -0.570. The normalized spacial score (nSPS) is 33.8. The van der Waals surface area contributed by atoms with Crippen LogP contribution in [0.4, 0.5) is 0 Å².